The van der Waals surface area contributed by atoms with Gasteiger partial charge in [0.2, 0.25) is 0 Å². The van der Waals surface area contributed by atoms with E-state index in [9.17, 15) is 5.11 Å². The summed E-state index contributed by atoms with van der Waals surface area (Å²) in [6.45, 7) is 3.69. The molecule has 0 saturated carbocycles. The summed E-state index contributed by atoms with van der Waals surface area (Å²) in [4.78, 5) is 4.31. The summed E-state index contributed by atoms with van der Waals surface area (Å²) < 4.78 is 5.87. The van der Waals surface area contributed by atoms with Gasteiger partial charge in [-0.25, -0.2) is 0 Å². The third-order valence-electron chi connectivity index (χ3n) is 4.27. The highest BCUT2D eigenvalue weighted by Gasteiger charge is 2.24. The van der Waals surface area contributed by atoms with Crippen molar-refractivity contribution in [2.24, 2.45) is 0 Å². The van der Waals surface area contributed by atoms with Crippen molar-refractivity contribution in [3.05, 3.63) is 54.2 Å². The lowest BCUT2D eigenvalue weighted by Gasteiger charge is -2.35. The summed E-state index contributed by atoms with van der Waals surface area (Å²) in [5, 5.41) is 18.4. The first-order chi connectivity index (χ1) is 11.7. The maximum absolute atomic E-state index is 10.4. The van der Waals surface area contributed by atoms with E-state index in [1.807, 2.05) is 49.5 Å². The molecule has 0 bridgehead atoms. The lowest BCUT2D eigenvalue weighted by atomic mass is 10.1. The Morgan fingerprint density at radius 3 is 2.88 bits per heavy atom. The van der Waals surface area contributed by atoms with Crippen molar-refractivity contribution in [2.45, 2.75) is 12.2 Å². The number of aromatic nitrogens is 2. The first-order valence-electron chi connectivity index (χ1n) is 8.28. The van der Waals surface area contributed by atoms with Crippen LogP contribution < -0.4 is 4.90 Å². The number of likely N-dealkylation sites (N-methyl/N-ethyl adjacent to an activating group) is 1. The number of aliphatic hydroxyl groups is 1. The van der Waals surface area contributed by atoms with Gasteiger partial charge in [-0.05, 0) is 17.7 Å². The molecule has 1 aliphatic rings. The average Bonchev–Trinajstić information content (AvgIpc) is 2.63. The number of hydrogen-bond acceptors (Lipinski definition) is 6. The van der Waals surface area contributed by atoms with Crippen LogP contribution in [0.15, 0.2) is 48.7 Å². The van der Waals surface area contributed by atoms with Crippen LogP contribution in [0.2, 0.25) is 0 Å². The molecule has 0 amide bonds. The van der Waals surface area contributed by atoms with Crippen molar-refractivity contribution >= 4 is 5.82 Å². The summed E-state index contributed by atoms with van der Waals surface area (Å²) in [7, 11) is 1.99. The number of hydrogen-bond donors (Lipinski definition) is 1. The highest BCUT2D eigenvalue weighted by atomic mass is 16.5. The molecular weight excluding hydrogens is 304 g/mol. The van der Waals surface area contributed by atoms with Crippen molar-refractivity contribution in [2.75, 3.05) is 44.7 Å². The second kappa shape index (κ2) is 8.19. The van der Waals surface area contributed by atoms with Crippen LogP contribution in [0.5, 0.6) is 0 Å². The third kappa shape index (κ3) is 4.50. The number of aliphatic hydroxyl groups excluding tert-OH is 1. The smallest absolute Gasteiger partial charge is 0.151 e. The Morgan fingerprint density at radius 2 is 2.12 bits per heavy atom. The monoisotopic (exact) mass is 328 g/mol. The quantitative estimate of drug-likeness (QED) is 0.864. The van der Waals surface area contributed by atoms with Gasteiger partial charge in [0.05, 0.1) is 18.8 Å². The van der Waals surface area contributed by atoms with Crippen LogP contribution in [0.1, 0.15) is 11.7 Å². The normalized spacial score (nSPS) is 19.8. The molecule has 1 N–H and O–H groups in total. The van der Waals surface area contributed by atoms with E-state index in [0.717, 1.165) is 31.0 Å². The van der Waals surface area contributed by atoms with Gasteiger partial charge in [0.25, 0.3) is 0 Å². The van der Waals surface area contributed by atoms with Gasteiger partial charge in [-0.1, -0.05) is 30.3 Å². The van der Waals surface area contributed by atoms with E-state index in [-0.39, 0.29) is 6.10 Å². The van der Waals surface area contributed by atoms with Crippen LogP contribution >= 0.6 is 0 Å². The molecule has 24 heavy (non-hydrogen) atoms. The minimum atomic E-state index is -0.470. The molecule has 1 fully saturated rings. The number of ether oxygens (including phenoxy) is 1. The van der Waals surface area contributed by atoms with E-state index in [0.29, 0.717) is 13.2 Å². The highest BCUT2D eigenvalue weighted by molar-refractivity contribution is 5.35. The third-order valence-corrected chi connectivity index (χ3v) is 4.27. The summed E-state index contributed by atoms with van der Waals surface area (Å²) in [6.07, 6.45) is 1.29. The maximum Gasteiger partial charge on any atom is 0.151 e. The van der Waals surface area contributed by atoms with Crippen molar-refractivity contribution in [3.8, 4) is 0 Å². The Labute approximate surface area is 142 Å². The topological polar surface area (TPSA) is 61.7 Å². The Morgan fingerprint density at radius 1 is 1.29 bits per heavy atom. The fourth-order valence-electron chi connectivity index (χ4n) is 2.98. The number of β-amino-alcohol motifs (C(OH)–C–C–N with tert-alkyl or cyclic N) is 1. The number of nitrogens with zero attached hydrogens (tertiary/aromatic N) is 4. The zero-order chi connectivity index (χ0) is 16.8. The van der Waals surface area contributed by atoms with Gasteiger partial charge in [0.1, 0.15) is 0 Å². The average molecular weight is 328 g/mol. The fourth-order valence-corrected chi connectivity index (χ4v) is 2.98. The first kappa shape index (κ1) is 16.8. The predicted molar refractivity (Wildman–Crippen MR) is 92.9 cm³/mol. The Hall–Kier alpha value is -2.02. The summed E-state index contributed by atoms with van der Waals surface area (Å²) in [5.41, 5.74) is 0.956. The molecule has 6 nitrogen and oxygen atoms in total. The fraction of sp³-hybridized carbons (Fsp3) is 0.444. The molecule has 0 unspecified atom stereocenters. The summed E-state index contributed by atoms with van der Waals surface area (Å²) in [5.74, 6) is 0.836. The lowest BCUT2D eigenvalue weighted by Crippen LogP contribution is -2.48. The van der Waals surface area contributed by atoms with Crippen molar-refractivity contribution in [1.82, 2.24) is 15.1 Å². The molecule has 2 heterocycles. The zero-order valence-electron chi connectivity index (χ0n) is 14.0. The van der Waals surface area contributed by atoms with Crippen LogP contribution in [-0.2, 0) is 4.74 Å². The maximum atomic E-state index is 10.4. The molecule has 128 valence electrons. The number of morpholine rings is 1. The minimum absolute atomic E-state index is 0.0914. The van der Waals surface area contributed by atoms with E-state index in [1.54, 1.807) is 6.20 Å². The molecule has 6 heteroatoms. The summed E-state index contributed by atoms with van der Waals surface area (Å²) >= 11 is 0. The van der Waals surface area contributed by atoms with Gasteiger partial charge in [-0.3, -0.25) is 4.90 Å². The van der Waals surface area contributed by atoms with Crippen LogP contribution in [0.3, 0.4) is 0 Å². The predicted octanol–water partition coefficient (Wildman–Crippen LogP) is 1.35. The molecule has 2 aromatic rings. The largest absolute Gasteiger partial charge is 0.387 e. The number of anilines is 1. The zero-order valence-corrected chi connectivity index (χ0v) is 14.0. The molecule has 0 spiro atoms. The molecule has 0 aliphatic carbocycles. The molecule has 0 radical (unpaired) electrons. The Bertz CT molecular complexity index is 557. The minimum Gasteiger partial charge on any atom is -0.387 e. The van der Waals surface area contributed by atoms with E-state index in [1.165, 1.54) is 0 Å². The second-order valence-electron chi connectivity index (χ2n) is 6.14. The van der Waals surface area contributed by atoms with Gasteiger partial charge in [-0.2, -0.15) is 5.10 Å². The lowest BCUT2D eigenvalue weighted by molar-refractivity contribution is -0.0364. The van der Waals surface area contributed by atoms with Gasteiger partial charge in [0.15, 0.2) is 5.82 Å². The first-order valence-corrected chi connectivity index (χ1v) is 8.28. The molecule has 1 aliphatic heterocycles. The van der Waals surface area contributed by atoms with E-state index < -0.39 is 6.10 Å². The van der Waals surface area contributed by atoms with Gasteiger partial charge in [-0.15, -0.1) is 5.10 Å². The van der Waals surface area contributed by atoms with Gasteiger partial charge in [0, 0.05) is 39.4 Å². The SMILES string of the molecule is CN(C[C@H]1CN(C[C@@H](O)c2ccccc2)CCO1)c1cccnn1. The summed E-state index contributed by atoms with van der Waals surface area (Å²) in [6, 6.07) is 13.6. The number of rotatable bonds is 6. The standard InChI is InChI=1S/C18H24N4O2/c1-21(18-8-5-9-19-20-18)12-16-13-22(10-11-24-16)14-17(23)15-6-3-2-4-7-15/h2-9,16-17,23H,10-14H2,1H3/t16-,17+/m0/s1. The van der Waals surface area contributed by atoms with E-state index >= 15 is 0 Å². The van der Waals surface area contributed by atoms with E-state index in [4.69, 9.17) is 4.74 Å². The van der Waals surface area contributed by atoms with Crippen LogP contribution in [0.25, 0.3) is 0 Å². The molecule has 1 saturated heterocycles. The molecule has 1 aromatic heterocycles. The second-order valence-corrected chi connectivity index (χ2v) is 6.14. The van der Waals surface area contributed by atoms with Gasteiger partial charge < -0.3 is 14.7 Å². The molecular formula is C18H24N4O2. The van der Waals surface area contributed by atoms with Crippen molar-refractivity contribution in [1.29, 1.82) is 0 Å². The van der Waals surface area contributed by atoms with Crippen molar-refractivity contribution < 1.29 is 9.84 Å². The molecule has 1 aromatic carbocycles. The van der Waals surface area contributed by atoms with Crippen molar-refractivity contribution in [3.63, 3.8) is 0 Å². The van der Waals surface area contributed by atoms with Crippen LogP contribution in [-0.4, -0.2) is 66.1 Å². The highest BCUT2D eigenvalue weighted by Crippen LogP contribution is 2.17. The Balaban J connectivity index is 1.53. The molecule has 3 rings (SSSR count). The van der Waals surface area contributed by atoms with E-state index in [2.05, 4.69) is 20.0 Å². The number of benzene rings is 1. The van der Waals surface area contributed by atoms with Crippen LogP contribution in [0.4, 0.5) is 5.82 Å². The van der Waals surface area contributed by atoms with Crippen LogP contribution in [0, 0.1) is 0 Å². The molecule has 2 atom stereocenters. The van der Waals surface area contributed by atoms with Gasteiger partial charge >= 0.3 is 0 Å². The Kier molecular flexibility index (Phi) is 5.74.